The van der Waals surface area contributed by atoms with Crippen LogP contribution < -0.4 is 21.7 Å². The van der Waals surface area contributed by atoms with Crippen LogP contribution in [0.4, 0.5) is 0 Å². The van der Waals surface area contributed by atoms with Crippen molar-refractivity contribution in [1.82, 2.24) is 16.0 Å². The number of nitrogens with two attached hydrogens (primary N) is 1. The van der Waals surface area contributed by atoms with Crippen LogP contribution in [0.1, 0.15) is 26.7 Å². The molecule has 0 radical (unpaired) electrons. The Kier molecular flexibility index (Phi) is 11.9. The summed E-state index contributed by atoms with van der Waals surface area (Å²) in [7, 11) is 0. The molecule has 0 saturated heterocycles. The van der Waals surface area contributed by atoms with Crippen LogP contribution in [0.3, 0.4) is 0 Å². The van der Waals surface area contributed by atoms with E-state index in [2.05, 4.69) is 16.0 Å². The van der Waals surface area contributed by atoms with E-state index in [1.165, 1.54) is 11.8 Å². The first-order chi connectivity index (χ1) is 13.0. The third kappa shape index (κ3) is 9.55. The van der Waals surface area contributed by atoms with Crippen molar-refractivity contribution in [1.29, 1.82) is 0 Å². The molecule has 0 aliphatic carbocycles. The summed E-state index contributed by atoms with van der Waals surface area (Å²) in [6, 6.07) is -3.65. The maximum absolute atomic E-state index is 12.5. The van der Waals surface area contributed by atoms with Crippen LogP contribution in [-0.4, -0.2) is 76.6 Å². The Bertz CT molecular complexity index is 585. The van der Waals surface area contributed by atoms with Gasteiger partial charge in [-0.05, 0) is 24.3 Å². The predicted octanol–water partition coefficient (Wildman–Crippen LogP) is -1.63. The summed E-state index contributed by atoms with van der Waals surface area (Å²) >= 11 is 1.41. The normalized spacial score (nSPS) is 13.9. The second-order valence-electron chi connectivity index (χ2n) is 6.33. The van der Waals surface area contributed by atoms with Crippen molar-refractivity contribution in [2.45, 2.75) is 44.8 Å². The first kappa shape index (κ1) is 25.7. The predicted molar refractivity (Wildman–Crippen MR) is 103 cm³/mol. The average molecular weight is 420 g/mol. The molecule has 0 aromatic heterocycles. The summed E-state index contributed by atoms with van der Waals surface area (Å²) in [6.45, 7) is 2.81. The minimum atomic E-state index is -1.42. The van der Waals surface area contributed by atoms with Crippen molar-refractivity contribution in [3.05, 3.63) is 0 Å². The van der Waals surface area contributed by atoms with E-state index in [9.17, 15) is 29.1 Å². The second kappa shape index (κ2) is 12.9. The Balaban J connectivity index is 5.32. The number of aliphatic carboxylic acids is 2. The van der Waals surface area contributed by atoms with Gasteiger partial charge < -0.3 is 31.9 Å². The van der Waals surface area contributed by atoms with Crippen LogP contribution >= 0.6 is 11.8 Å². The molecule has 12 heteroatoms. The molecule has 0 bridgehead atoms. The van der Waals surface area contributed by atoms with Crippen LogP contribution in [0.15, 0.2) is 0 Å². The Hall–Kier alpha value is -2.34. The lowest BCUT2D eigenvalue weighted by molar-refractivity contribution is -0.144. The monoisotopic (exact) mass is 420 g/mol. The maximum atomic E-state index is 12.5. The number of carbonyl (C=O) groups excluding carboxylic acids is 3. The van der Waals surface area contributed by atoms with Gasteiger partial charge in [-0.3, -0.25) is 19.2 Å². The molecule has 11 nitrogen and oxygen atoms in total. The van der Waals surface area contributed by atoms with E-state index in [4.69, 9.17) is 10.8 Å². The number of carboxylic acids is 2. The first-order valence-corrected chi connectivity index (χ1v) is 9.96. The van der Waals surface area contributed by atoms with Crippen molar-refractivity contribution in [3.63, 3.8) is 0 Å². The van der Waals surface area contributed by atoms with Gasteiger partial charge in [0, 0.05) is 0 Å². The third-order valence-electron chi connectivity index (χ3n) is 3.69. The molecule has 0 spiro atoms. The topological polar surface area (TPSA) is 188 Å². The molecule has 0 saturated carbocycles. The van der Waals surface area contributed by atoms with Crippen LogP contribution in [0.5, 0.6) is 0 Å². The quantitative estimate of drug-likeness (QED) is 0.203. The largest absolute Gasteiger partial charge is 0.481 e. The Morgan fingerprint density at radius 3 is 1.96 bits per heavy atom. The van der Waals surface area contributed by atoms with Crippen molar-refractivity contribution in [3.8, 4) is 0 Å². The number of rotatable bonds is 13. The van der Waals surface area contributed by atoms with Gasteiger partial charge in [0.1, 0.15) is 18.1 Å². The van der Waals surface area contributed by atoms with E-state index in [0.29, 0.717) is 5.75 Å². The summed E-state index contributed by atoms with van der Waals surface area (Å²) in [4.78, 5) is 58.6. The van der Waals surface area contributed by atoms with E-state index < -0.39 is 60.8 Å². The van der Waals surface area contributed by atoms with Crippen molar-refractivity contribution in [2.75, 3.05) is 18.6 Å². The number of nitrogens with one attached hydrogen (secondary N) is 3. The molecule has 0 aliphatic rings. The molecule has 28 heavy (non-hydrogen) atoms. The Morgan fingerprint density at radius 1 is 0.964 bits per heavy atom. The fourth-order valence-corrected chi connectivity index (χ4v) is 2.65. The summed E-state index contributed by atoms with van der Waals surface area (Å²) in [5.74, 6) is -4.74. The number of hydrogen-bond donors (Lipinski definition) is 6. The van der Waals surface area contributed by atoms with Crippen molar-refractivity contribution in [2.24, 2.45) is 11.7 Å². The molecule has 0 heterocycles. The summed E-state index contributed by atoms with van der Waals surface area (Å²) in [6.07, 6.45) is 1.28. The van der Waals surface area contributed by atoms with Gasteiger partial charge in [0.2, 0.25) is 17.7 Å². The van der Waals surface area contributed by atoms with E-state index in [-0.39, 0.29) is 12.3 Å². The van der Waals surface area contributed by atoms with E-state index >= 15 is 0 Å². The van der Waals surface area contributed by atoms with Crippen LogP contribution in [0, 0.1) is 5.92 Å². The van der Waals surface area contributed by atoms with Gasteiger partial charge >= 0.3 is 11.9 Å². The highest BCUT2D eigenvalue weighted by Crippen LogP contribution is 2.06. The van der Waals surface area contributed by atoms with Crippen LogP contribution in [-0.2, 0) is 24.0 Å². The molecule has 3 atom stereocenters. The number of amides is 3. The molecule has 0 fully saturated rings. The van der Waals surface area contributed by atoms with Gasteiger partial charge in [-0.1, -0.05) is 13.8 Å². The third-order valence-corrected chi connectivity index (χ3v) is 4.33. The maximum Gasteiger partial charge on any atom is 0.326 e. The molecule has 0 aromatic carbocycles. The number of carbonyl (C=O) groups is 5. The molecule has 160 valence electrons. The van der Waals surface area contributed by atoms with Crippen LogP contribution in [0.25, 0.3) is 0 Å². The van der Waals surface area contributed by atoms with Crippen molar-refractivity contribution >= 4 is 41.4 Å². The SMILES string of the molecule is CSCCC(NC(=O)C(CC(=O)O)NC(=O)CN)C(=O)NC(C(=O)O)C(C)C. The minimum Gasteiger partial charge on any atom is -0.481 e. The van der Waals surface area contributed by atoms with Crippen LogP contribution in [0.2, 0.25) is 0 Å². The lowest BCUT2D eigenvalue weighted by Crippen LogP contribution is -2.57. The van der Waals surface area contributed by atoms with E-state index in [1.54, 1.807) is 20.1 Å². The summed E-state index contributed by atoms with van der Waals surface area (Å²) in [5.41, 5.74) is 5.16. The van der Waals surface area contributed by atoms with Gasteiger partial charge in [0.05, 0.1) is 13.0 Å². The highest BCUT2D eigenvalue weighted by molar-refractivity contribution is 7.98. The molecular formula is C16H28N4O7S. The smallest absolute Gasteiger partial charge is 0.326 e. The highest BCUT2D eigenvalue weighted by atomic mass is 32.2. The molecule has 7 N–H and O–H groups in total. The van der Waals surface area contributed by atoms with Gasteiger partial charge in [0.15, 0.2) is 0 Å². The lowest BCUT2D eigenvalue weighted by atomic mass is 10.0. The zero-order chi connectivity index (χ0) is 21.9. The molecule has 0 rings (SSSR count). The number of carboxylic acid groups (broad SMARTS) is 2. The second-order valence-corrected chi connectivity index (χ2v) is 7.32. The van der Waals surface area contributed by atoms with Gasteiger partial charge in [-0.25, -0.2) is 4.79 Å². The molecule has 0 aromatic rings. The zero-order valence-electron chi connectivity index (χ0n) is 16.1. The molecule has 3 unspecified atom stereocenters. The molecule has 0 aliphatic heterocycles. The van der Waals surface area contributed by atoms with Crippen molar-refractivity contribution < 1.29 is 34.2 Å². The average Bonchev–Trinajstić information content (AvgIpc) is 2.60. The number of thioether (sulfide) groups is 1. The molecular weight excluding hydrogens is 392 g/mol. The lowest BCUT2D eigenvalue weighted by Gasteiger charge is -2.25. The van der Waals surface area contributed by atoms with Gasteiger partial charge in [-0.2, -0.15) is 11.8 Å². The van der Waals surface area contributed by atoms with Gasteiger partial charge in [-0.15, -0.1) is 0 Å². The summed E-state index contributed by atoms with van der Waals surface area (Å²) < 4.78 is 0. The van der Waals surface area contributed by atoms with E-state index in [0.717, 1.165) is 0 Å². The Labute approximate surface area is 167 Å². The standard InChI is InChI=1S/C16H28N4O7S/c1-8(2)13(16(26)27)20-14(24)9(4-5-28-3)19-15(25)10(6-12(22)23)18-11(21)7-17/h8-10,13H,4-7,17H2,1-3H3,(H,18,21)(H,19,25)(H,20,24)(H,22,23)(H,26,27). The van der Waals surface area contributed by atoms with E-state index in [1.807, 2.05) is 0 Å². The Morgan fingerprint density at radius 2 is 1.54 bits per heavy atom. The summed E-state index contributed by atoms with van der Waals surface area (Å²) in [5, 5.41) is 25.1. The zero-order valence-corrected chi connectivity index (χ0v) is 16.9. The number of hydrogen-bond acceptors (Lipinski definition) is 7. The van der Waals surface area contributed by atoms with Gasteiger partial charge in [0.25, 0.3) is 0 Å². The minimum absolute atomic E-state index is 0.188. The first-order valence-electron chi connectivity index (χ1n) is 8.57. The fourth-order valence-electron chi connectivity index (χ4n) is 2.18. The fraction of sp³-hybridized carbons (Fsp3) is 0.688. The highest BCUT2D eigenvalue weighted by Gasteiger charge is 2.31. The molecule has 3 amide bonds.